The number of nitrogens with two attached hydrogens (primary N) is 1. The Hall–Kier alpha value is -1.78. The lowest BCUT2D eigenvalue weighted by Crippen LogP contribution is -2.34. The summed E-state index contributed by atoms with van der Waals surface area (Å²) in [6, 6.07) is -1.52. The van der Waals surface area contributed by atoms with Gasteiger partial charge >= 0.3 is 25.7 Å². The molecule has 51 heavy (non-hydrogen) atoms. The van der Waals surface area contributed by atoms with Gasteiger partial charge in [0.2, 0.25) is 0 Å². The summed E-state index contributed by atoms with van der Waals surface area (Å²) in [5.74, 6) is -2.38. The standard InChI is InChI=1S/C39H74NO10P/c1-3-5-7-9-11-13-15-16-17-18-19-21-22-24-26-28-30-37(41)47-32-35(33-48-51(45,46)49-34-36(40)39(43)44)50-38(42)31-29-27-25-23-20-14-12-10-8-6-4-2/h10,12,35-36H,3-9,11,13-34,40H2,1-2H3,(H,43,44)(H,45,46)/b12-10+/t35-,36+/m0/s1. The molecular weight excluding hydrogens is 673 g/mol. The number of aliphatic carboxylic acids is 1. The number of hydrogen-bond acceptors (Lipinski definition) is 9. The third-order valence-corrected chi connectivity index (χ3v) is 9.71. The monoisotopic (exact) mass is 748 g/mol. The zero-order chi connectivity index (χ0) is 37.8. The summed E-state index contributed by atoms with van der Waals surface area (Å²) in [5, 5.41) is 8.86. The number of phosphoric ester groups is 1. The fourth-order valence-corrected chi connectivity index (χ4v) is 6.29. The van der Waals surface area contributed by atoms with Crippen LogP contribution in [0.25, 0.3) is 0 Å². The van der Waals surface area contributed by atoms with Gasteiger partial charge in [-0.2, -0.15) is 0 Å². The zero-order valence-corrected chi connectivity index (χ0v) is 33.1. The molecule has 4 N–H and O–H groups in total. The molecule has 0 aliphatic rings. The number of allylic oxidation sites excluding steroid dienone is 2. The average Bonchev–Trinajstić information content (AvgIpc) is 3.10. The van der Waals surface area contributed by atoms with Crippen LogP contribution in [0.1, 0.15) is 187 Å². The van der Waals surface area contributed by atoms with Gasteiger partial charge in [-0.05, 0) is 32.1 Å². The predicted molar refractivity (Wildman–Crippen MR) is 203 cm³/mol. The first-order valence-electron chi connectivity index (χ1n) is 20.2. The van der Waals surface area contributed by atoms with Crippen LogP contribution in [0.3, 0.4) is 0 Å². The topological polar surface area (TPSA) is 172 Å². The second-order valence-electron chi connectivity index (χ2n) is 13.8. The number of carbonyl (C=O) groups excluding carboxylic acids is 2. The van der Waals surface area contributed by atoms with Crippen LogP contribution < -0.4 is 5.73 Å². The molecule has 0 saturated carbocycles. The Labute approximate surface area is 309 Å². The highest BCUT2D eigenvalue weighted by molar-refractivity contribution is 7.47. The predicted octanol–water partition coefficient (Wildman–Crippen LogP) is 10.1. The van der Waals surface area contributed by atoms with Crippen LogP contribution in [-0.4, -0.2) is 59.9 Å². The summed E-state index contributed by atoms with van der Waals surface area (Å²) in [7, 11) is -4.71. The summed E-state index contributed by atoms with van der Waals surface area (Å²) >= 11 is 0. The van der Waals surface area contributed by atoms with E-state index in [0.29, 0.717) is 12.8 Å². The first-order chi connectivity index (χ1) is 24.6. The number of carboxylic acids is 1. The summed E-state index contributed by atoms with van der Waals surface area (Å²) in [4.78, 5) is 45.8. The van der Waals surface area contributed by atoms with E-state index in [1.54, 1.807) is 0 Å². The highest BCUT2D eigenvalue weighted by Gasteiger charge is 2.28. The van der Waals surface area contributed by atoms with Crippen molar-refractivity contribution in [2.75, 3.05) is 19.8 Å². The van der Waals surface area contributed by atoms with Gasteiger partial charge in [-0.25, -0.2) is 4.57 Å². The molecule has 0 aromatic heterocycles. The van der Waals surface area contributed by atoms with Gasteiger partial charge in [0.25, 0.3) is 0 Å². The lowest BCUT2D eigenvalue weighted by molar-refractivity contribution is -0.161. The summed E-state index contributed by atoms with van der Waals surface area (Å²) < 4.78 is 32.6. The van der Waals surface area contributed by atoms with Crippen molar-refractivity contribution >= 4 is 25.7 Å². The SMILES string of the molecule is CCCC/C=C/CCCCCCCC(=O)O[C@@H](COC(=O)CCCCCCCCCCCCCCCCCC)COP(=O)(O)OC[C@@H](N)C(=O)O. The molecular formula is C39H74NO10P. The van der Waals surface area contributed by atoms with Crippen LogP contribution in [0.4, 0.5) is 0 Å². The van der Waals surface area contributed by atoms with E-state index in [0.717, 1.165) is 57.8 Å². The van der Waals surface area contributed by atoms with Gasteiger partial charge in [0, 0.05) is 12.8 Å². The molecule has 0 aliphatic carbocycles. The van der Waals surface area contributed by atoms with Crippen molar-refractivity contribution in [2.45, 2.75) is 199 Å². The van der Waals surface area contributed by atoms with Gasteiger partial charge < -0.3 is 25.2 Å². The van der Waals surface area contributed by atoms with E-state index in [-0.39, 0.29) is 19.4 Å². The van der Waals surface area contributed by atoms with Gasteiger partial charge in [0.1, 0.15) is 12.6 Å². The quantitative estimate of drug-likeness (QED) is 0.0237. The number of hydrogen-bond donors (Lipinski definition) is 3. The minimum atomic E-state index is -4.71. The van der Waals surface area contributed by atoms with E-state index in [1.807, 2.05) is 0 Å². The van der Waals surface area contributed by atoms with Crippen LogP contribution in [0.15, 0.2) is 12.2 Å². The van der Waals surface area contributed by atoms with Gasteiger partial charge in [-0.3, -0.25) is 23.4 Å². The summed E-state index contributed by atoms with van der Waals surface area (Å²) in [5.41, 5.74) is 5.32. The van der Waals surface area contributed by atoms with Gasteiger partial charge in [0.15, 0.2) is 6.10 Å². The van der Waals surface area contributed by atoms with Crippen LogP contribution in [0.2, 0.25) is 0 Å². The van der Waals surface area contributed by atoms with Crippen molar-refractivity contribution in [3.05, 3.63) is 12.2 Å². The minimum Gasteiger partial charge on any atom is -0.480 e. The third kappa shape index (κ3) is 35.0. The molecule has 0 heterocycles. The van der Waals surface area contributed by atoms with Crippen molar-refractivity contribution in [3.8, 4) is 0 Å². The number of carboxylic acid groups (broad SMARTS) is 1. The normalized spacial score (nSPS) is 14.0. The third-order valence-electron chi connectivity index (χ3n) is 8.76. The molecule has 1 unspecified atom stereocenters. The van der Waals surface area contributed by atoms with E-state index >= 15 is 0 Å². The summed E-state index contributed by atoms with van der Waals surface area (Å²) in [6.45, 7) is 2.75. The van der Waals surface area contributed by atoms with Crippen molar-refractivity contribution in [1.82, 2.24) is 0 Å². The molecule has 3 atom stereocenters. The van der Waals surface area contributed by atoms with Crippen molar-refractivity contribution in [2.24, 2.45) is 5.73 Å². The van der Waals surface area contributed by atoms with Gasteiger partial charge in [0.05, 0.1) is 13.2 Å². The Kier molecular flexibility index (Phi) is 34.0. The molecule has 0 fully saturated rings. The molecule has 0 saturated heterocycles. The van der Waals surface area contributed by atoms with E-state index < -0.39 is 51.1 Å². The molecule has 0 rings (SSSR count). The number of rotatable bonds is 38. The fraction of sp³-hybridized carbons (Fsp3) is 0.872. The molecule has 0 bridgehead atoms. The van der Waals surface area contributed by atoms with E-state index in [4.69, 9.17) is 24.8 Å². The first kappa shape index (κ1) is 49.2. The van der Waals surface area contributed by atoms with E-state index in [1.165, 1.54) is 89.9 Å². The summed E-state index contributed by atoms with van der Waals surface area (Å²) in [6.07, 6.45) is 32.8. The largest absolute Gasteiger partial charge is 0.480 e. The maximum atomic E-state index is 12.5. The molecule has 0 spiro atoms. The average molecular weight is 748 g/mol. The number of esters is 2. The van der Waals surface area contributed by atoms with Crippen molar-refractivity contribution < 1.29 is 47.5 Å². The second kappa shape index (κ2) is 35.3. The van der Waals surface area contributed by atoms with Gasteiger partial charge in [-0.15, -0.1) is 0 Å². The fourth-order valence-electron chi connectivity index (χ4n) is 5.52. The molecule has 0 amide bonds. The number of ether oxygens (including phenoxy) is 2. The molecule has 0 aromatic carbocycles. The number of phosphoric acid groups is 1. The van der Waals surface area contributed by atoms with E-state index in [9.17, 15) is 23.8 Å². The zero-order valence-electron chi connectivity index (χ0n) is 32.2. The van der Waals surface area contributed by atoms with Crippen LogP contribution in [0.5, 0.6) is 0 Å². The maximum Gasteiger partial charge on any atom is 0.472 e. The smallest absolute Gasteiger partial charge is 0.472 e. The Morgan fingerprint density at radius 1 is 0.588 bits per heavy atom. The van der Waals surface area contributed by atoms with Gasteiger partial charge in [-0.1, -0.05) is 154 Å². The van der Waals surface area contributed by atoms with E-state index in [2.05, 4.69) is 30.5 Å². The first-order valence-corrected chi connectivity index (χ1v) is 21.7. The highest BCUT2D eigenvalue weighted by atomic mass is 31.2. The lowest BCUT2D eigenvalue weighted by atomic mass is 10.0. The molecule has 0 aliphatic heterocycles. The lowest BCUT2D eigenvalue weighted by Gasteiger charge is -2.20. The molecule has 300 valence electrons. The molecule has 12 heteroatoms. The van der Waals surface area contributed by atoms with Crippen LogP contribution in [-0.2, 0) is 37.5 Å². The van der Waals surface area contributed by atoms with Crippen LogP contribution >= 0.6 is 7.82 Å². The van der Waals surface area contributed by atoms with Crippen LogP contribution in [0, 0.1) is 0 Å². The van der Waals surface area contributed by atoms with Crippen molar-refractivity contribution in [3.63, 3.8) is 0 Å². The highest BCUT2D eigenvalue weighted by Crippen LogP contribution is 2.43. The maximum absolute atomic E-state index is 12.5. The molecule has 11 nitrogen and oxygen atoms in total. The Balaban J connectivity index is 4.35. The number of carbonyl (C=O) groups is 3. The van der Waals surface area contributed by atoms with Crippen molar-refractivity contribution in [1.29, 1.82) is 0 Å². The Bertz CT molecular complexity index is 932. The molecule has 0 aromatic rings. The second-order valence-corrected chi connectivity index (χ2v) is 15.2. The number of unbranched alkanes of at least 4 members (excludes halogenated alkanes) is 22. The Morgan fingerprint density at radius 2 is 1.00 bits per heavy atom. The Morgan fingerprint density at radius 3 is 1.49 bits per heavy atom. The molecule has 0 radical (unpaired) electrons. The minimum absolute atomic E-state index is 0.154.